The highest BCUT2D eigenvalue weighted by atomic mass is 35.5. The fraction of sp³-hybridized carbons (Fsp3) is 0.125. The third kappa shape index (κ3) is 3.53. The number of aromatic nitrogens is 1. The molecule has 1 N–H and O–H groups in total. The number of hydrogen-bond donors (Lipinski definition) is 1. The fourth-order valence-electron chi connectivity index (χ4n) is 2.23. The molecule has 0 saturated carbocycles. The van der Waals surface area contributed by atoms with Crippen LogP contribution in [0.2, 0.25) is 5.02 Å². The van der Waals surface area contributed by atoms with E-state index in [0.717, 1.165) is 0 Å². The Kier molecular flexibility index (Phi) is 3.85. The number of aromatic amines is 1. The quantitative estimate of drug-likeness (QED) is 0.651. The van der Waals surface area contributed by atoms with E-state index in [4.69, 9.17) is 16.3 Å². The summed E-state index contributed by atoms with van der Waals surface area (Å²) in [6.45, 7) is 1.77. The minimum atomic E-state index is -4.72. The summed E-state index contributed by atoms with van der Waals surface area (Å²) in [6.07, 6.45) is -4.72. The molecule has 0 aliphatic carbocycles. The molecule has 0 fully saturated rings. The van der Waals surface area contributed by atoms with E-state index in [9.17, 15) is 13.2 Å². The van der Waals surface area contributed by atoms with Crippen molar-refractivity contribution in [1.29, 1.82) is 0 Å². The number of hydrogen-bond acceptors (Lipinski definition) is 2. The van der Waals surface area contributed by atoms with E-state index in [1.54, 1.807) is 31.2 Å². The molecule has 0 unspecified atom stereocenters. The Morgan fingerprint density at radius 2 is 1.65 bits per heavy atom. The molecule has 120 valence electrons. The normalized spacial score (nSPS) is 11.7. The lowest BCUT2D eigenvalue weighted by Crippen LogP contribution is -2.16. The van der Waals surface area contributed by atoms with Gasteiger partial charge in [0.15, 0.2) is 5.75 Å². The summed E-state index contributed by atoms with van der Waals surface area (Å²) in [4.78, 5) is 2.99. The molecule has 2 aromatic carbocycles. The van der Waals surface area contributed by atoms with Crippen LogP contribution in [-0.2, 0) is 0 Å². The Balaban J connectivity index is 1.95. The van der Waals surface area contributed by atoms with Crippen molar-refractivity contribution in [3.8, 4) is 17.2 Å². The molecule has 1 aromatic heterocycles. The molecule has 0 saturated heterocycles. The van der Waals surface area contributed by atoms with E-state index in [1.807, 2.05) is 0 Å². The van der Waals surface area contributed by atoms with Gasteiger partial charge >= 0.3 is 6.36 Å². The van der Waals surface area contributed by atoms with Crippen molar-refractivity contribution in [2.75, 3.05) is 0 Å². The van der Waals surface area contributed by atoms with E-state index in [2.05, 4.69) is 9.72 Å². The van der Waals surface area contributed by atoms with Gasteiger partial charge in [0.1, 0.15) is 11.5 Å². The molecule has 0 amide bonds. The van der Waals surface area contributed by atoms with Crippen molar-refractivity contribution < 1.29 is 22.6 Å². The van der Waals surface area contributed by atoms with Crippen molar-refractivity contribution >= 4 is 22.5 Å². The van der Waals surface area contributed by atoms with Gasteiger partial charge in [-0.1, -0.05) is 11.6 Å². The van der Waals surface area contributed by atoms with Crippen LogP contribution in [-0.4, -0.2) is 11.3 Å². The van der Waals surface area contributed by atoms with Gasteiger partial charge in [-0.15, -0.1) is 13.2 Å². The predicted molar refractivity (Wildman–Crippen MR) is 81.2 cm³/mol. The molecular formula is C16H11ClF3NO2. The van der Waals surface area contributed by atoms with E-state index in [0.29, 0.717) is 33.1 Å². The first-order valence-electron chi connectivity index (χ1n) is 6.63. The number of alkyl halides is 3. The van der Waals surface area contributed by atoms with E-state index in [1.165, 1.54) is 18.2 Å². The van der Waals surface area contributed by atoms with Crippen molar-refractivity contribution in [2.24, 2.45) is 0 Å². The molecule has 7 heteroatoms. The maximum absolute atomic E-state index is 12.3. The zero-order valence-corrected chi connectivity index (χ0v) is 12.6. The molecule has 1 heterocycles. The Labute approximate surface area is 134 Å². The van der Waals surface area contributed by atoms with Crippen molar-refractivity contribution in [1.82, 2.24) is 4.98 Å². The number of halogens is 4. The second-order valence-electron chi connectivity index (χ2n) is 4.89. The lowest BCUT2D eigenvalue weighted by Gasteiger charge is -2.09. The first kappa shape index (κ1) is 15.6. The van der Waals surface area contributed by atoms with Crippen LogP contribution in [0.4, 0.5) is 13.2 Å². The third-order valence-corrected chi connectivity index (χ3v) is 3.42. The smallest absolute Gasteiger partial charge is 0.455 e. The average molecular weight is 342 g/mol. The van der Waals surface area contributed by atoms with Crippen LogP contribution in [0.1, 0.15) is 5.69 Å². The Hall–Kier alpha value is -2.34. The monoisotopic (exact) mass is 341 g/mol. The summed E-state index contributed by atoms with van der Waals surface area (Å²) in [5, 5.41) is 1.24. The van der Waals surface area contributed by atoms with Gasteiger partial charge in [0, 0.05) is 16.5 Å². The molecule has 23 heavy (non-hydrogen) atoms. The van der Waals surface area contributed by atoms with E-state index < -0.39 is 6.36 Å². The van der Waals surface area contributed by atoms with Crippen LogP contribution in [0, 0.1) is 6.92 Å². The molecule has 0 spiro atoms. The standard InChI is InChI=1S/C16H11ClF3NO2/c1-9-15(22-11-4-2-10(17)3-5-11)13-7-6-12(8-14(13)21-9)23-16(18,19)20/h2-8,21H,1H3. The first-order chi connectivity index (χ1) is 10.8. The van der Waals surface area contributed by atoms with Gasteiger partial charge in [-0.25, -0.2) is 0 Å². The molecular weight excluding hydrogens is 331 g/mol. The summed E-state index contributed by atoms with van der Waals surface area (Å²) in [5.41, 5.74) is 1.19. The number of H-pyrrole nitrogens is 1. The number of aryl methyl sites for hydroxylation is 1. The minimum absolute atomic E-state index is 0.288. The second kappa shape index (κ2) is 5.70. The highest BCUT2D eigenvalue weighted by molar-refractivity contribution is 6.30. The van der Waals surface area contributed by atoms with Crippen molar-refractivity contribution in [3.05, 3.63) is 53.2 Å². The van der Waals surface area contributed by atoms with Crippen molar-refractivity contribution in [2.45, 2.75) is 13.3 Å². The van der Waals surface area contributed by atoms with Crippen LogP contribution >= 0.6 is 11.6 Å². The first-order valence-corrected chi connectivity index (χ1v) is 7.01. The highest BCUT2D eigenvalue weighted by Gasteiger charge is 2.31. The van der Waals surface area contributed by atoms with Gasteiger partial charge in [0.2, 0.25) is 0 Å². The lowest BCUT2D eigenvalue weighted by atomic mass is 10.2. The van der Waals surface area contributed by atoms with Crippen LogP contribution in [0.5, 0.6) is 17.2 Å². The SMILES string of the molecule is Cc1[nH]c2cc(OC(F)(F)F)ccc2c1Oc1ccc(Cl)cc1. The average Bonchev–Trinajstić information content (AvgIpc) is 2.75. The fourth-order valence-corrected chi connectivity index (χ4v) is 2.36. The molecule has 0 radical (unpaired) electrons. The molecule has 0 aliphatic heterocycles. The molecule has 3 aromatic rings. The van der Waals surface area contributed by atoms with Crippen LogP contribution in [0.25, 0.3) is 10.9 Å². The largest absolute Gasteiger partial charge is 0.573 e. The minimum Gasteiger partial charge on any atom is -0.455 e. The summed E-state index contributed by atoms with van der Waals surface area (Å²) in [7, 11) is 0. The number of benzene rings is 2. The molecule has 0 aliphatic rings. The molecule has 3 nitrogen and oxygen atoms in total. The Bertz CT molecular complexity index is 841. The van der Waals surface area contributed by atoms with Crippen LogP contribution < -0.4 is 9.47 Å². The number of ether oxygens (including phenoxy) is 2. The third-order valence-electron chi connectivity index (χ3n) is 3.17. The predicted octanol–water partition coefficient (Wildman–Crippen LogP) is 5.82. The van der Waals surface area contributed by atoms with E-state index >= 15 is 0 Å². The van der Waals surface area contributed by atoms with Crippen LogP contribution in [0.15, 0.2) is 42.5 Å². The highest BCUT2D eigenvalue weighted by Crippen LogP contribution is 2.36. The van der Waals surface area contributed by atoms with Gasteiger partial charge in [-0.2, -0.15) is 0 Å². The summed E-state index contributed by atoms with van der Waals surface area (Å²) in [5.74, 6) is 0.833. The summed E-state index contributed by atoms with van der Waals surface area (Å²) in [6, 6.07) is 10.9. The Morgan fingerprint density at radius 1 is 1.00 bits per heavy atom. The summed E-state index contributed by atoms with van der Waals surface area (Å²) < 4.78 is 46.6. The maximum Gasteiger partial charge on any atom is 0.573 e. The number of nitrogens with one attached hydrogen (secondary N) is 1. The topological polar surface area (TPSA) is 34.2 Å². The summed E-state index contributed by atoms with van der Waals surface area (Å²) >= 11 is 5.82. The zero-order chi connectivity index (χ0) is 16.6. The number of fused-ring (bicyclic) bond motifs is 1. The Morgan fingerprint density at radius 3 is 2.30 bits per heavy atom. The zero-order valence-electron chi connectivity index (χ0n) is 11.9. The maximum atomic E-state index is 12.3. The van der Waals surface area contributed by atoms with Gasteiger partial charge in [0.05, 0.1) is 11.2 Å². The van der Waals surface area contributed by atoms with Gasteiger partial charge in [-0.05, 0) is 43.3 Å². The van der Waals surface area contributed by atoms with Crippen molar-refractivity contribution in [3.63, 3.8) is 0 Å². The molecule has 3 rings (SSSR count). The number of rotatable bonds is 3. The van der Waals surface area contributed by atoms with Gasteiger partial charge in [0.25, 0.3) is 0 Å². The van der Waals surface area contributed by atoms with Gasteiger partial charge < -0.3 is 14.5 Å². The second-order valence-corrected chi connectivity index (χ2v) is 5.33. The van der Waals surface area contributed by atoms with Gasteiger partial charge in [-0.3, -0.25) is 0 Å². The molecule has 0 bridgehead atoms. The molecule has 0 atom stereocenters. The van der Waals surface area contributed by atoms with E-state index in [-0.39, 0.29) is 5.75 Å². The van der Waals surface area contributed by atoms with Crippen LogP contribution in [0.3, 0.4) is 0 Å². The lowest BCUT2D eigenvalue weighted by molar-refractivity contribution is -0.274.